The fourth-order valence-corrected chi connectivity index (χ4v) is 2.92. The van der Waals surface area contributed by atoms with Gasteiger partial charge in [-0.05, 0) is 0 Å². The Bertz CT molecular complexity index is 1010. The van der Waals surface area contributed by atoms with Crippen LogP contribution < -0.4 is 34.4 Å². The van der Waals surface area contributed by atoms with Gasteiger partial charge in [0.2, 0.25) is 35.7 Å². The second-order valence-corrected chi connectivity index (χ2v) is 7.30. The summed E-state index contributed by atoms with van der Waals surface area (Å²) in [7, 11) is 0. The molecule has 36 heavy (non-hydrogen) atoms. The molecule has 0 saturated carbocycles. The Morgan fingerprint density at radius 1 is 0.444 bits per heavy atom. The van der Waals surface area contributed by atoms with Crippen molar-refractivity contribution in [2.45, 2.75) is 25.4 Å². The number of hydrogen-bond donors (Lipinski definition) is 6. The molecule has 12 N–H and O–H groups in total. The van der Waals surface area contributed by atoms with Gasteiger partial charge in [0.25, 0.3) is 0 Å². The molecule has 0 aliphatic rings. The third-order valence-electron chi connectivity index (χ3n) is 4.38. The molecule has 0 amide bonds. The first-order valence-corrected chi connectivity index (χ1v) is 10.8. The molecule has 0 saturated heterocycles. The summed E-state index contributed by atoms with van der Waals surface area (Å²) in [6.45, 7) is 1.31. The van der Waals surface area contributed by atoms with Crippen LogP contribution in [0.15, 0.2) is 0 Å². The van der Waals surface area contributed by atoms with Crippen molar-refractivity contribution >= 4 is 35.7 Å². The van der Waals surface area contributed by atoms with E-state index in [1.807, 2.05) is 0 Å². The lowest BCUT2D eigenvalue weighted by Crippen LogP contribution is -2.28. The summed E-state index contributed by atoms with van der Waals surface area (Å²) in [6.07, 6.45) is 0.718. The Morgan fingerprint density at radius 2 is 0.750 bits per heavy atom. The molecular weight excluding hydrogens is 474 g/mol. The number of anilines is 6. The van der Waals surface area contributed by atoms with E-state index in [4.69, 9.17) is 48.6 Å². The second-order valence-electron chi connectivity index (χ2n) is 7.30. The Labute approximate surface area is 205 Å². The largest absolute Gasteiger partial charge is 0.378 e. The molecular formula is C18H29N15O3. The van der Waals surface area contributed by atoms with E-state index in [-0.39, 0.29) is 55.5 Å². The van der Waals surface area contributed by atoms with E-state index in [9.17, 15) is 0 Å². The van der Waals surface area contributed by atoms with Crippen LogP contribution >= 0.6 is 0 Å². The van der Waals surface area contributed by atoms with Crippen LogP contribution in [0.1, 0.15) is 17.5 Å². The molecule has 3 aromatic rings. The van der Waals surface area contributed by atoms with Crippen molar-refractivity contribution in [2.24, 2.45) is 0 Å². The smallest absolute Gasteiger partial charge is 0.225 e. The molecule has 0 fully saturated rings. The predicted octanol–water partition coefficient (Wildman–Crippen LogP) is -2.82. The third kappa shape index (κ3) is 9.16. The van der Waals surface area contributed by atoms with E-state index in [0.717, 1.165) is 0 Å². The summed E-state index contributed by atoms with van der Waals surface area (Å²) in [4.78, 5) is 35.3. The van der Waals surface area contributed by atoms with Crippen LogP contribution in [0, 0.1) is 0 Å². The van der Waals surface area contributed by atoms with Crippen molar-refractivity contribution in [3.63, 3.8) is 0 Å². The SMILES string of the molecule is Nc1nc(N)nc(CCOCC(COCCc2nc(N)nc(N)n2)OCCc2nc(N)nc(N)n2)n1. The van der Waals surface area contributed by atoms with Crippen LogP contribution in [0.3, 0.4) is 0 Å². The lowest BCUT2D eigenvalue weighted by atomic mass is 10.3. The number of rotatable bonds is 14. The zero-order valence-corrected chi connectivity index (χ0v) is 19.4. The number of nitrogens with zero attached hydrogens (tertiary/aromatic N) is 9. The van der Waals surface area contributed by atoms with Gasteiger partial charge in [0, 0.05) is 19.3 Å². The summed E-state index contributed by atoms with van der Waals surface area (Å²) in [5.74, 6) is 1.54. The zero-order valence-electron chi connectivity index (χ0n) is 19.4. The average Bonchev–Trinajstić information content (AvgIpc) is 2.77. The minimum atomic E-state index is -0.413. The van der Waals surface area contributed by atoms with Gasteiger partial charge in [-0.25, -0.2) is 0 Å². The first kappa shape index (κ1) is 26.3. The minimum absolute atomic E-state index is 0.0416. The summed E-state index contributed by atoms with van der Waals surface area (Å²) >= 11 is 0. The van der Waals surface area contributed by atoms with Crippen LogP contribution in [0.2, 0.25) is 0 Å². The maximum Gasteiger partial charge on any atom is 0.225 e. The quantitative estimate of drug-likeness (QED) is 0.121. The third-order valence-corrected chi connectivity index (χ3v) is 4.38. The Hall–Kier alpha value is -4.29. The highest BCUT2D eigenvalue weighted by atomic mass is 16.6. The second kappa shape index (κ2) is 13.0. The molecule has 194 valence electrons. The standard InChI is InChI=1S/C18H29N15O3/c19-13-25-10(26-14(20)31-13)1-4-34-7-9(36-6-3-12-29-17(23)33-18(24)30-12)8-35-5-2-11-27-15(21)32-16(22)28-11/h9H,1-8H2,(H4,19,20,25,26,31)(H4,21,22,27,28,32)(H4,23,24,29,30,33). The van der Waals surface area contributed by atoms with Crippen molar-refractivity contribution in [1.82, 2.24) is 44.9 Å². The molecule has 0 atom stereocenters. The number of aromatic nitrogens is 9. The van der Waals surface area contributed by atoms with E-state index in [2.05, 4.69) is 44.9 Å². The molecule has 18 nitrogen and oxygen atoms in total. The number of ether oxygens (including phenoxy) is 3. The summed E-state index contributed by atoms with van der Waals surface area (Å²) in [6, 6.07) is 0. The van der Waals surface area contributed by atoms with Gasteiger partial charge in [0.15, 0.2) is 0 Å². The van der Waals surface area contributed by atoms with Crippen LogP contribution in [-0.4, -0.2) is 84.0 Å². The molecule has 0 aromatic carbocycles. The highest BCUT2D eigenvalue weighted by molar-refractivity contribution is 5.27. The lowest BCUT2D eigenvalue weighted by molar-refractivity contribution is -0.0588. The Balaban J connectivity index is 1.48. The molecule has 3 heterocycles. The van der Waals surface area contributed by atoms with E-state index >= 15 is 0 Å². The van der Waals surface area contributed by atoms with Crippen molar-refractivity contribution in [1.29, 1.82) is 0 Å². The highest BCUT2D eigenvalue weighted by Gasteiger charge is 2.13. The summed E-state index contributed by atoms with van der Waals surface area (Å²) < 4.78 is 17.4. The fourth-order valence-electron chi connectivity index (χ4n) is 2.92. The van der Waals surface area contributed by atoms with E-state index < -0.39 is 6.10 Å². The first-order chi connectivity index (χ1) is 17.3. The molecule has 3 rings (SSSR count). The molecule has 0 aliphatic carbocycles. The van der Waals surface area contributed by atoms with Crippen molar-refractivity contribution in [3.05, 3.63) is 17.5 Å². The van der Waals surface area contributed by atoms with E-state index in [1.54, 1.807) is 0 Å². The van der Waals surface area contributed by atoms with Gasteiger partial charge in [-0.15, -0.1) is 0 Å². The molecule has 0 unspecified atom stereocenters. The number of nitrogens with two attached hydrogens (primary N) is 6. The number of hydrogen-bond acceptors (Lipinski definition) is 18. The van der Waals surface area contributed by atoms with Gasteiger partial charge >= 0.3 is 0 Å². The van der Waals surface area contributed by atoms with Crippen LogP contribution in [0.5, 0.6) is 0 Å². The number of nitrogen functional groups attached to an aromatic ring is 6. The molecule has 0 radical (unpaired) electrons. The van der Waals surface area contributed by atoms with Gasteiger partial charge in [-0.2, -0.15) is 44.9 Å². The van der Waals surface area contributed by atoms with Crippen LogP contribution in [0.4, 0.5) is 35.7 Å². The van der Waals surface area contributed by atoms with Gasteiger partial charge < -0.3 is 48.6 Å². The van der Waals surface area contributed by atoms with Gasteiger partial charge in [0.1, 0.15) is 23.6 Å². The molecule has 0 spiro atoms. The molecule has 3 aromatic heterocycles. The lowest BCUT2D eigenvalue weighted by Gasteiger charge is -2.18. The molecule has 0 aliphatic heterocycles. The normalized spacial score (nSPS) is 11.2. The van der Waals surface area contributed by atoms with Gasteiger partial charge in [-0.3, -0.25) is 0 Å². The first-order valence-electron chi connectivity index (χ1n) is 10.8. The molecule has 0 bridgehead atoms. The topological polar surface area (TPSA) is 300 Å². The summed E-state index contributed by atoms with van der Waals surface area (Å²) in [5, 5.41) is 0. The van der Waals surface area contributed by atoms with Gasteiger partial charge in [-0.1, -0.05) is 0 Å². The monoisotopic (exact) mass is 503 g/mol. The van der Waals surface area contributed by atoms with Crippen molar-refractivity contribution in [2.75, 3.05) is 67.4 Å². The maximum atomic E-state index is 5.91. The van der Waals surface area contributed by atoms with E-state index in [1.165, 1.54) is 0 Å². The van der Waals surface area contributed by atoms with Crippen molar-refractivity contribution < 1.29 is 14.2 Å². The average molecular weight is 504 g/mol. The minimum Gasteiger partial charge on any atom is -0.378 e. The van der Waals surface area contributed by atoms with Gasteiger partial charge in [0.05, 0.1) is 33.0 Å². The van der Waals surface area contributed by atoms with E-state index in [0.29, 0.717) is 49.9 Å². The van der Waals surface area contributed by atoms with Crippen LogP contribution in [-0.2, 0) is 33.5 Å². The highest BCUT2D eigenvalue weighted by Crippen LogP contribution is 2.05. The Morgan fingerprint density at radius 3 is 1.08 bits per heavy atom. The summed E-state index contributed by atoms with van der Waals surface area (Å²) in [5.41, 5.74) is 33.5. The Kier molecular flexibility index (Phi) is 9.48. The maximum absolute atomic E-state index is 5.91. The van der Waals surface area contributed by atoms with Crippen molar-refractivity contribution in [3.8, 4) is 0 Å². The predicted molar refractivity (Wildman–Crippen MR) is 128 cm³/mol. The van der Waals surface area contributed by atoms with Crippen LogP contribution in [0.25, 0.3) is 0 Å². The fraction of sp³-hybridized carbons (Fsp3) is 0.500. The molecule has 18 heteroatoms. The zero-order chi connectivity index (χ0) is 25.9.